The highest BCUT2D eigenvalue weighted by molar-refractivity contribution is 5.79. The highest BCUT2D eigenvalue weighted by atomic mass is 16.5. The predicted octanol–water partition coefficient (Wildman–Crippen LogP) is 5.40. The third-order valence-electron chi connectivity index (χ3n) is 5.84. The smallest absolute Gasteiger partial charge is 0.407 e. The molecule has 0 radical (unpaired) electrons. The third-order valence-corrected chi connectivity index (χ3v) is 5.84. The number of aliphatic hydroxyl groups is 1. The molecule has 1 amide bonds. The number of carbonyl (C=O) groups is 1. The minimum Gasteiger partial charge on any atom is -0.459 e. The predicted molar refractivity (Wildman–Crippen MR) is 119 cm³/mol. The standard InChI is InChI=1S/C26H23NO4/c28-14-13-23(25-15-17-7-1-6-12-24(17)31-25)27-26(29)30-16-22-20-10-4-2-8-18(20)19-9-3-5-11-21(19)22/h1-12,15,22-23,28H,13-14,16H2,(H,27,29)/t23-/m0/s1. The Balaban J connectivity index is 1.31. The first-order valence-corrected chi connectivity index (χ1v) is 10.5. The number of nitrogens with one attached hydrogen (secondary N) is 1. The van der Waals surface area contributed by atoms with Crippen LogP contribution in [0.25, 0.3) is 22.1 Å². The van der Waals surface area contributed by atoms with Crippen molar-refractivity contribution < 1.29 is 19.1 Å². The van der Waals surface area contributed by atoms with Crippen LogP contribution in [0.4, 0.5) is 4.79 Å². The molecule has 156 valence electrons. The first-order valence-electron chi connectivity index (χ1n) is 10.5. The van der Waals surface area contributed by atoms with Gasteiger partial charge in [-0.3, -0.25) is 0 Å². The molecular weight excluding hydrogens is 390 g/mol. The fourth-order valence-corrected chi connectivity index (χ4v) is 4.37. The number of benzene rings is 3. The van der Waals surface area contributed by atoms with E-state index in [0.29, 0.717) is 12.2 Å². The Morgan fingerprint density at radius 1 is 0.968 bits per heavy atom. The number of hydrogen-bond donors (Lipinski definition) is 2. The normalized spacial score (nSPS) is 13.6. The molecule has 0 saturated carbocycles. The third kappa shape index (κ3) is 3.68. The van der Waals surface area contributed by atoms with Gasteiger partial charge in [0.15, 0.2) is 0 Å². The van der Waals surface area contributed by atoms with E-state index < -0.39 is 12.1 Å². The molecule has 5 nitrogen and oxygen atoms in total. The second kappa shape index (κ2) is 8.28. The summed E-state index contributed by atoms with van der Waals surface area (Å²) in [4.78, 5) is 12.6. The van der Waals surface area contributed by atoms with Crippen LogP contribution in [-0.2, 0) is 4.74 Å². The Morgan fingerprint density at radius 2 is 1.61 bits per heavy atom. The van der Waals surface area contributed by atoms with E-state index >= 15 is 0 Å². The van der Waals surface area contributed by atoms with Gasteiger partial charge < -0.3 is 19.6 Å². The monoisotopic (exact) mass is 413 g/mol. The molecule has 0 spiro atoms. The summed E-state index contributed by atoms with van der Waals surface area (Å²) < 4.78 is 11.5. The van der Waals surface area contributed by atoms with Crippen molar-refractivity contribution in [3.63, 3.8) is 0 Å². The minimum atomic E-state index is -0.527. The van der Waals surface area contributed by atoms with Crippen LogP contribution in [-0.4, -0.2) is 24.4 Å². The van der Waals surface area contributed by atoms with Gasteiger partial charge >= 0.3 is 6.09 Å². The number of aliphatic hydroxyl groups excluding tert-OH is 1. The molecule has 31 heavy (non-hydrogen) atoms. The van der Waals surface area contributed by atoms with Gasteiger partial charge in [-0.2, -0.15) is 0 Å². The Morgan fingerprint density at radius 3 is 2.29 bits per heavy atom. The molecule has 2 N–H and O–H groups in total. The lowest BCUT2D eigenvalue weighted by Gasteiger charge is -2.18. The molecule has 5 heteroatoms. The summed E-state index contributed by atoms with van der Waals surface area (Å²) in [5.74, 6) is 0.601. The van der Waals surface area contributed by atoms with Crippen molar-refractivity contribution in [2.45, 2.75) is 18.4 Å². The van der Waals surface area contributed by atoms with E-state index in [1.807, 2.05) is 54.6 Å². The second-order valence-corrected chi connectivity index (χ2v) is 7.72. The Bertz CT molecular complexity index is 1150. The van der Waals surface area contributed by atoms with Gasteiger partial charge in [0.25, 0.3) is 0 Å². The Labute approximate surface area is 180 Å². The van der Waals surface area contributed by atoms with Crippen LogP contribution in [0.15, 0.2) is 83.3 Å². The van der Waals surface area contributed by atoms with Crippen LogP contribution in [0.2, 0.25) is 0 Å². The van der Waals surface area contributed by atoms with Crippen LogP contribution in [0, 0.1) is 0 Å². The van der Waals surface area contributed by atoms with E-state index in [-0.39, 0.29) is 19.1 Å². The van der Waals surface area contributed by atoms with E-state index in [1.54, 1.807) is 0 Å². The maximum Gasteiger partial charge on any atom is 0.407 e. The van der Waals surface area contributed by atoms with E-state index in [0.717, 1.165) is 11.0 Å². The van der Waals surface area contributed by atoms with Crippen molar-refractivity contribution in [2.24, 2.45) is 0 Å². The highest BCUT2D eigenvalue weighted by Gasteiger charge is 2.29. The number of fused-ring (bicyclic) bond motifs is 4. The van der Waals surface area contributed by atoms with Crippen molar-refractivity contribution >= 4 is 17.1 Å². The molecule has 0 saturated heterocycles. The molecule has 0 unspecified atom stereocenters. The molecule has 1 heterocycles. The maximum atomic E-state index is 12.6. The van der Waals surface area contributed by atoms with Crippen LogP contribution < -0.4 is 5.32 Å². The van der Waals surface area contributed by atoms with Gasteiger partial charge in [0.2, 0.25) is 0 Å². The Hall–Kier alpha value is -3.57. The van der Waals surface area contributed by atoms with Crippen LogP contribution in [0.5, 0.6) is 0 Å². The number of para-hydroxylation sites is 1. The topological polar surface area (TPSA) is 71.7 Å². The van der Waals surface area contributed by atoms with Gasteiger partial charge in [-0.1, -0.05) is 66.7 Å². The lowest BCUT2D eigenvalue weighted by molar-refractivity contribution is 0.135. The molecule has 1 aliphatic rings. The molecular formula is C26H23NO4. The van der Waals surface area contributed by atoms with E-state index in [9.17, 15) is 9.90 Å². The lowest BCUT2D eigenvalue weighted by Crippen LogP contribution is -2.30. The SMILES string of the molecule is O=C(N[C@@H](CCO)c1cc2ccccc2o1)OCC1c2ccccc2-c2ccccc21. The largest absolute Gasteiger partial charge is 0.459 e. The van der Waals surface area contributed by atoms with Crippen LogP contribution >= 0.6 is 0 Å². The molecule has 1 aromatic heterocycles. The van der Waals surface area contributed by atoms with Gasteiger partial charge in [0.05, 0.1) is 6.04 Å². The summed E-state index contributed by atoms with van der Waals surface area (Å²) in [5.41, 5.74) is 5.45. The van der Waals surface area contributed by atoms with Gasteiger partial charge in [-0.15, -0.1) is 0 Å². The summed E-state index contributed by atoms with van der Waals surface area (Å²) in [6.07, 6.45) is -0.190. The fraction of sp³-hybridized carbons (Fsp3) is 0.192. The molecule has 0 fully saturated rings. The van der Waals surface area contributed by atoms with E-state index in [2.05, 4.69) is 29.6 Å². The van der Waals surface area contributed by atoms with E-state index in [4.69, 9.17) is 9.15 Å². The first kappa shape index (κ1) is 19.4. The summed E-state index contributed by atoms with van der Waals surface area (Å²) in [5, 5.41) is 13.3. The van der Waals surface area contributed by atoms with Crippen LogP contribution in [0.1, 0.15) is 35.3 Å². The zero-order chi connectivity index (χ0) is 21.2. The highest BCUT2D eigenvalue weighted by Crippen LogP contribution is 2.44. The molecule has 5 rings (SSSR count). The molecule has 1 aliphatic carbocycles. The van der Waals surface area contributed by atoms with Crippen molar-refractivity contribution in [3.8, 4) is 11.1 Å². The molecule has 3 aromatic carbocycles. The van der Waals surface area contributed by atoms with Crippen molar-refractivity contribution in [1.82, 2.24) is 5.32 Å². The first-order chi connectivity index (χ1) is 15.2. The average molecular weight is 413 g/mol. The second-order valence-electron chi connectivity index (χ2n) is 7.72. The maximum absolute atomic E-state index is 12.6. The van der Waals surface area contributed by atoms with Crippen molar-refractivity contribution in [1.29, 1.82) is 0 Å². The molecule has 0 aliphatic heterocycles. The zero-order valence-corrected chi connectivity index (χ0v) is 17.0. The number of alkyl carbamates (subject to hydrolysis) is 1. The summed E-state index contributed by atoms with van der Waals surface area (Å²) in [6.45, 7) is 0.164. The van der Waals surface area contributed by atoms with E-state index in [1.165, 1.54) is 22.3 Å². The quantitative estimate of drug-likeness (QED) is 0.444. The van der Waals surface area contributed by atoms with Crippen molar-refractivity contribution in [2.75, 3.05) is 13.2 Å². The van der Waals surface area contributed by atoms with Crippen molar-refractivity contribution in [3.05, 3.63) is 95.7 Å². The minimum absolute atomic E-state index is 0.000595. The number of carbonyl (C=O) groups excluding carboxylic acids is 1. The average Bonchev–Trinajstić information content (AvgIpc) is 3.37. The zero-order valence-electron chi connectivity index (χ0n) is 17.0. The Kier molecular flexibility index (Phi) is 5.18. The summed E-state index contributed by atoms with van der Waals surface area (Å²) >= 11 is 0. The van der Waals surface area contributed by atoms with Gasteiger partial charge in [-0.25, -0.2) is 4.79 Å². The van der Waals surface area contributed by atoms with Gasteiger partial charge in [0.1, 0.15) is 18.0 Å². The number of hydrogen-bond acceptors (Lipinski definition) is 4. The molecule has 0 bridgehead atoms. The number of rotatable bonds is 6. The van der Waals surface area contributed by atoms with Crippen LogP contribution in [0.3, 0.4) is 0 Å². The van der Waals surface area contributed by atoms with Gasteiger partial charge in [0, 0.05) is 17.9 Å². The molecule has 4 aromatic rings. The lowest BCUT2D eigenvalue weighted by atomic mass is 9.98. The number of ether oxygens (including phenoxy) is 1. The number of furan rings is 1. The number of amides is 1. The summed E-state index contributed by atoms with van der Waals surface area (Å²) in [6, 6.07) is 25.5. The fourth-order valence-electron chi connectivity index (χ4n) is 4.37. The summed E-state index contributed by atoms with van der Waals surface area (Å²) in [7, 11) is 0. The molecule has 1 atom stereocenters. The van der Waals surface area contributed by atoms with Gasteiger partial charge in [-0.05, 0) is 40.8 Å².